The van der Waals surface area contributed by atoms with Crippen LogP contribution in [0.2, 0.25) is 0 Å². The quantitative estimate of drug-likeness (QED) is 0.728. The van der Waals surface area contributed by atoms with Crippen molar-refractivity contribution in [3.8, 4) is 0 Å². The van der Waals surface area contributed by atoms with Gasteiger partial charge >= 0.3 is 6.09 Å². The van der Waals surface area contributed by atoms with Crippen molar-refractivity contribution in [1.29, 1.82) is 0 Å². The summed E-state index contributed by atoms with van der Waals surface area (Å²) in [5, 5.41) is 4.81. The van der Waals surface area contributed by atoms with E-state index in [1.807, 2.05) is 38.1 Å². The zero-order chi connectivity index (χ0) is 17.2. The summed E-state index contributed by atoms with van der Waals surface area (Å²) in [7, 11) is 0. The number of alkyl carbamates (subject to hydrolysis) is 1. The molecule has 2 aliphatic rings. The number of ether oxygens (including phenoxy) is 1. The monoisotopic (exact) mass is 384 g/mol. The van der Waals surface area contributed by atoms with Crippen molar-refractivity contribution in [3.05, 3.63) is 34.3 Å². The number of nitrogens with one attached hydrogen (secondary N) is 2. The third kappa shape index (κ3) is 6.81. The highest BCUT2D eigenvalue weighted by Gasteiger charge is 2.23. The Morgan fingerprint density at radius 1 is 1.04 bits per heavy atom. The molecule has 2 fully saturated rings. The molecule has 1 atom stereocenters. The zero-order valence-corrected chi connectivity index (χ0v) is 14.8. The van der Waals surface area contributed by atoms with Crippen molar-refractivity contribution >= 4 is 33.8 Å². The van der Waals surface area contributed by atoms with Gasteiger partial charge in [-0.05, 0) is 24.1 Å². The van der Waals surface area contributed by atoms with E-state index in [1.165, 1.54) is 0 Å². The molecule has 3 amide bonds. The Labute approximate surface area is 144 Å². The second kappa shape index (κ2) is 9.99. The Balaban J connectivity index is 0.000000228. The molecule has 1 aromatic carbocycles. The van der Waals surface area contributed by atoms with E-state index in [-0.39, 0.29) is 24.0 Å². The van der Waals surface area contributed by atoms with E-state index in [0.29, 0.717) is 25.8 Å². The summed E-state index contributed by atoms with van der Waals surface area (Å²) in [5.41, 5.74) is 1.02. The summed E-state index contributed by atoms with van der Waals surface area (Å²) < 4.78 is 6.04. The van der Waals surface area contributed by atoms with Gasteiger partial charge in [0.2, 0.25) is 11.8 Å². The molecule has 2 N–H and O–H groups in total. The lowest BCUT2D eigenvalue weighted by Gasteiger charge is -2.07. The van der Waals surface area contributed by atoms with Crippen molar-refractivity contribution in [2.75, 3.05) is 6.54 Å². The SMILES string of the molecule is CC.O=C1CCCC(=O)N1.O=C1NCC(c2ccc(Br)cc2)O1. The molecule has 0 aliphatic carbocycles. The van der Waals surface area contributed by atoms with Gasteiger partial charge in [-0.1, -0.05) is 41.9 Å². The van der Waals surface area contributed by atoms with Crippen molar-refractivity contribution in [2.45, 2.75) is 39.2 Å². The molecule has 1 unspecified atom stereocenters. The number of amides is 3. The van der Waals surface area contributed by atoms with Gasteiger partial charge in [-0.25, -0.2) is 4.79 Å². The third-order valence-corrected chi connectivity index (χ3v) is 3.54. The molecule has 2 aliphatic heterocycles. The highest BCUT2D eigenvalue weighted by atomic mass is 79.9. The van der Waals surface area contributed by atoms with E-state index < -0.39 is 0 Å². The summed E-state index contributed by atoms with van der Waals surface area (Å²) >= 11 is 3.34. The number of hydrogen-bond donors (Lipinski definition) is 2. The van der Waals surface area contributed by atoms with Crippen LogP contribution in [0, 0.1) is 0 Å². The molecule has 2 saturated heterocycles. The number of benzene rings is 1. The Hall–Kier alpha value is -1.89. The normalized spacial score (nSPS) is 19.3. The number of carbonyl (C=O) groups excluding carboxylic acids is 3. The third-order valence-electron chi connectivity index (χ3n) is 3.01. The van der Waals surface area contributed by atoms with Crippen molar-refractivity contribution in [3.63, 3.8) is 0 Å². The van der Waals surface area contributed by atoms with Crippen LogP contribution in [0.15, 0.2) is 28.7 Å². The van der Waals surface area contributed by atoms with Gasteiger partial charge in [0.15, 0.2) is 0 Å². The van der Waals surface area contributed by atoms with Crippen molar-refractivity contribution in [2.24, 2.45) is 0 Å². The molecule has 1 aromatic rings. The minimum atomic E-state index is -0.340. The number of cyclic esters (lactones) is 1. The van der Waals surface area contributed by atoms with E-state index in [4.69, 9.17) is 4.74 Å². The predicted molar refractivity (Wildman–Crippen MR) is 89.7 cm³/mol. The fourth-order valence-electron chi connectivity index (χ4n) is 1.94. The van der Waals surface area contributed by atoms with Gasteiger partial charge in [0.05, 0.1) is 6.54 Å². The largest absolute Gasteiger partial charge is 0.439 e. The van der Waals surface area contributed by atoms with Gasteiger partial charge in [-0.15, -0.1) is 0 Å². The first-order chi connectivity index (χ1) is 11.0. The Bertz CT molecular complexity index is 532. The molecule has 0 aromatic heterocycles. The van der Waals surface area contributed by atoms with E-state index in [1.54, 1.807) is 0 Å². The van der Waals surface area contributed by atoms with E-state index >= 15 is 0 Å². The molecule has 0 radical (unpaired) electrons. The van der Waals surface area contributed by atoms with Gasteiger partial charge in [0.1, 0.15) is 6.10 Å². The number of halogens is 1. The summed E-state index contributed by atoms with van der Waals surface area (Å²) in [6.45, 7) is 4.56. The first kappa shape index (κ1) is 19.2. The van der Waals surface area contributed by atoms with Crippen molar-refractivity contribution in [1.82, 2.24) is 10.6 Å². The first-order valence-corrected chi connectivity index (χ1v) is 8.36. The molecule has 0 saturated carbocycles. The van der Waals surface area contributed by atoms with E-state index in [2.05, 4.69) is 26.6 Å². The van der Waals surface area contributed by atoms with Crippen LogP contribution in [0.4, 0.5) is 4.79 Å². The molecule has 0 bridgehead atoms. The molecule has 2 heterocycles. The second-order valence-corrected chi connectivity index (χ2v) is 5.57. The topological polar surface area (TPSA) is 84.5 Å². The number of rotatable bonds is 1. The summed E-state index contributed by atoms with van der Waals surface area (Å²) in [4.78, 5) is 31.4. The number of piperidine rings is 1. The lowest BCUT2D eigenvalue weighted by molar-refractivity contribution is -0.132. The minimum absolute atomic E-state index is 0.138. The summed E-state index contributed by atoms with van der Waals surface area (Å²) in [5.74, 6) is -0.275. The fourth-order valence-corrected chi connectivity index (χ4v) is 2.21. The molecule has 6 nitrogen and oxygen atoms in total. The van der Waals surface area contributed by atoms with Crippen LogP contribution < -0.4 is 10.6 Å². The minimum Gasteiger partial charge on any atom is -0.439 e. The second-order valence-electron chi connectivity index (χ2n) is 4.65. The Morgan fingerprint density at radius 2 is 1.61 bits per heavy atom. The van der Waals surface area contributed by atoms with Crippen LogP contribution in [0.1, 0.15) is 44.8 Å². The summed E-state index contributed by atoms with van der Waals surface area (Å²) in [6, 6.07) is 7.74. The van der Waals surface area contributed by atoms with Gasteiger partial charge < -0.3 is 10.1 Å². The molecule has 23 heavy (non-hydrogen) atoms. The van der Waals surface area contributed by atoms with E-state index in [0.717, 1.165) is 10.0 Å². The zero-order valence-electron chi connectivity index (χ0n) is 13.2. The van der Waals surface area contributed by atoms with Crippen molar-refractivity contribution < 1.29 is 19.1 Å². The number of carbonyl (C=O) groups is 3. The van der Waals surface area contributed by atoms with Crippen LogP contribution in [-0.4, -0.2) is 24.5 Å². The maximum absolute atomic E-state index is 10.8. The highest BCUT2D eigenvalue weighted by Crippen LogP contribution is 2.22. The molecular weight excluding hydrogens is 364 g/mol. The Morgan fingerprint density at radius 3 is 2.00 bits per heavy atom. The van der Waals surface area contributed by atoms with Crippen LogP contribution in [0.3, 0.4) is 0 Å². The lowest BCUT2D eigenvalue weighted by atomic mass is 10.1. The van der Waals surface area contributed by atoms with Gasteiger partial charge in [0, 0.05) is 17.3 Å². The standard InChI is InChI=1S/C9H8BrNO2.C5H7NO2.C2H6/c10-7-3-1-6(2-4-7)8-5-11-9(12)13-8;7-4-2-1-3-5(8)6-4;1-2/h1-4,8H,5H2,(H,11,12);1-3H2,(H,6,7,8);1-2H3. The molecular formula is C16H21BrN2O4. The van der Waals surface area contributed by atoms with Gasteiger partial charge in [-0.2, -0.15) is 0 Å². The number of hydrogen-bond acceptors (Lipinski definition) is 4. The van der Waals surface area contributed by atoms with Crippen LogP contribution in [0.25, 0.3) is 0 Å². The summed E-state index contributed by atoms with van der Waals surface area (Å²) in [6.07, 6.45) is 1.25. The molecule has 3 rings (SSSR count). The number of imide groups is 1. The van der Waals surface area contributed by atoms with Gasteiger partial charge in [-0.3, -0.25) is 14.9 Å². The average molecular weight is 385 g/mol. The molecule has 126 valence electrons. The maximum atomic E-state index is 10.8. The molecule has 7 heteroatoms. The van der Waals surface area contributed by atoms with Gasteiger partial charge in [0.25, 0.3) is 0 Å². The Kier molecular flexibility index (Phi) is 8.32. The predicted octanol–water partition coefficient (Wildman–Crippen LogP) is 3.07. The fraction of sp³-hybridized carbons (Fsp3) is 0.438. The highest BCUT2D eigenvalue weighted by molar-refractivity contribution is 9.10. The van der Waals surface area contributed by atoms with Crippen LogP contribution in [0.5, 0.6) is 0 Å². The first-order valence-electron chi connectivity index (χ1n) is 7.57. The van der Waals surface area contributed by atoms with Crippen LogP contribution in [-0.2, 0) is 14.3 Å². The van der Waals surface area contributed by atoms with Crippen LogP contribution >= 0.6 is 15.9 Å². The maximum Gasteiger partial charge on any atom is 0.407 e. The van der Waals surface area contributed by atoms with E-state index in [9.17, 15) is 14.4 Å². The molecule has 0 spiro atoms. The average Bonchev–Trinajstić information content (AvgIpc) is 2.97. The lowest BCUT2D eigenvalue weighted by Crippen LogP contribution is -2.33. The smallest absolute Gasteiger partial charge is 0.407 e.